The second-order valence-corrected chi connectivity index (χ2v) is 9.44. The molecule has 10 nitrogen and oxygen atoms in total. The van der Waals surface area contributed by atoms with Crippen molar-refractivity contribution in [2.75, 3.05) is 10.2 Å². The molecule has 1 saturated heterocycles. The molecule has 1 aliphatic heterocycles. The van der Waals surface area contributed by atoms with Gasteiger partial charge in [0.15, 0.2) is 0 Å². The molecule has 0 saturated carbocycles. The minimum Gasteiger partial charge on any atom is -0.478 e. The molecule has 0 unspecified atom stereocenters. The maximum Gasteiger partial charge on any atom is 0.328 e. The Hall–Kier alpha value is -3.48. The second-order valence-electron chi connectivity index (χ2n) is 6.60. The van der Waals surface area contributed by atoms with Gasteiger partial charge in [0.2, 0.25) is 27.7 Å². The van der Waals surface area contributed by atoms with Crippen molar-refractivity contribution < 1.29 is 32.7 Å². The van der Waals surface area contributed by atoms with Gasteiger partial charge in [0, 0.05) is 29.2 Å². The number of hydrogen-bond donors (Lipinski definition) is 3. The van der Waals surface area contributed by atoms with Crippen molar-refractivity contribution in [2.24, 2.45) is 5.14 Å². The normalized spacial score (nSPS) is 16.5. The molecule has 2 aromatic carbocycles. The Labute approximate surface area is 187 Å². The van der Waals surface area contributed by atoms with Gasteiger partial charge in [-0.2, -0.15) is 0 Å². The number of nitrogens with one attached hydrogen (secondary N) is 1. The first-order chi connectivity index (χ1) is 15.0. The molecule has 32 heavy (non-hydrogen) atoms. The number of carbonyl (C=O) groups is 4. The van der Waals surface area contributed by atoms with E-state index in [-0.39, 0.29) is 17.0 Å². The number of primary sulfonamides is 1. The molecule has 2 aromatic rings. The molecule has 0 radical (unpaired) electrons. The van der Waals surface area contributed by atoms with Gasteiger partial charge in [-0.3, -0.25) is 14.4 Å². The van der Waals surface area contributed by atoms with Crippen molar-refractivity contribution in [3.63, 3.8) is 0 Å². The van der Waals surface area contributed by atoms with Crippen molar-refractivity contribution >= 4 is 56.9 Å². The van der Waals surface area contributed by atoms with Gasteiger partial charge in [0.25, 0.3) is 0 Å². The number of imide groups is 1. The number of aliphatic carboxylic acids is 1. The van der Waals surface area contributed by atoms with Gasteiger partial charge in [0.1, 0.15) is 0 Å². The number of thioether (sulfide) groups is 1. The van der Waals surface area contributed by atoms with Crippen LogP contribution in [0.15, 0.2) is 70.5 Å². The van der Waals surface area contributed by atoms with E-state index in [1.165, 1.54) is 36.0 Å². The number of nitrogens with two attached hydrogens (primary N) is 1. The molecule has 0 aliphatic carbocycles. The maximum absolute atomic E-state index is 12.8. The Morgan fingerprint density at radius 3 is 2.25 bits per heavy atom. The first-order valence-corrected chi connectivity index (χ1v) is 11.5. The predicted octanol–water partition coefficient (Wildman–Crippen LogP) is 1.34. The molecule has 0 aromatic heterocycles. The number of carbonyl (C=O) groups excluding carboxylic acids is 3. The summed E-state index contributed by atoms with van der Waals surface area (Å²) in [6.45, 7) is 0. The number of carboxylic acids is 1. The van der Waals surface area contributed by atoms with Crippen molar-refractivity contribution in [2.45, 2.75) is 21.5 Å². The summed E-state index contributed by atoms with van der Waals surface area (Å²) in [5.41, 5.74) is 0.683. The average Bonchev–Trinajstić information content (AvgIpc) is 3.00. The van der Waals surface area contributed by atoms with Crippen LogP contribution in [0.1, 0.15) is 6.42 Å². The molecule has 1 fully saturated rings. The Morgan fingerprint density at radius 1 is 1.06 bits per heavy atom. The highest BCUT2D eigenvalue weighted by atomic mass is 32.2. The summed E-state index contributed by atoms with van der Waals surface area (Å²) in [5.74, 6) is -2.69. The van der Waals surface area contributed by atoms with Gasteiger partial charge in [0.05, 0.1) is 15.8 Å². The third kappa shape index (κ3) is 5.60. The van der Waals surface area contributed by atoms with E-state index < -0.39 is 39.0 Å². The van der Waals surface area contributed by atoms with E-state index in [1.807, 2.05) is 0 Å². The largest absolute Gasteiger partial charge is 0.478 e. The van der Waals surface area contributed by atoms with Crippen LogP contribution < -0.4 is 15.4 Å². The van der Waals surface area contributed by atoms with Gasteiger partial charge in [-0.25, -0.2) is 23.3 Å². The standard InChI is InChI=1S/C20H17N3O7S2/c21-32(29,30)15-7-3-13(4-8-15)23-18(25)11-16(20(23)28)31-14-5-1-12(2-6-14)22-17(24)9-10-19(26)27/h1-10,16H,11H2,(H,22,24)(H,26,27)(H2,21,29,30)/b10-9+/t16-/m0/s1. The maximum atomic E-state index is 12.8. The average molecular weight is 476 g/mol. The highest BCUT2D eigenvalue weighted by molar-refractivity contribution is 8.00. The summed E-state index contributed by atoms with van der Waals surface area (Å²) in [4.78, 5) is 48.8. The lowest BCUT2D eigenvalue weighted by Gasteiger charge is -2.15. The number of benzene rings is 2. The topological polar surface area (TPSA) is 164 Å². The van der Waals surface area contributed by atoms with Gasteiger partial charge in [-0.15, -0.1) is 11.8 Å². The highest BCUT2D eigenvalue weighted by Crippen LogP contribution is 2.34. The smallest absolute Gasteiger partial charge is 0.328 e. The van der Waals surface area contributed by atoms with Crippen LogP contribution in [-0.4, -0.2) is 42.5 Å². The van der Waals surface area contributed by atoms with Crippen molar-refractivity contribution in [3.05, 3.63) is 60.7 Å². The molecule has 0 bridgehead atoms. The summed E-state index contributed by atoms with van der Waals surface area (Å²) in [7, 11) is -3.89. The zero-order valence-corrected chi connectivity index (χ0v) is 17.9. The Balaban J connectivity index is 1.66. The third-order valence-electron chi connectivity index (χ3n) is 4.31. The zero-order valence-electron chi connectivity index (χ0n) is 16.3. The fourth-order valence-corrected chi connectivity index (χ4v) is 4.43. The molecule has 4 N–H and O–H groups in total. The van der Waals surface area contributed by atoms with Gasteiger partial charge in [-0.05, 0) is 48.5 Å². The monoisotopic (exact) mass is 475 g/mol. The van der Waals surface area contributed by atoms with Crippen LogP contribution in [0.2, 0.25) is 0 Å². The molecular formula is C20H17N3O7S2. The number of carboxylic acid groups (broad SMARTS) is 1. The Kier molecular flexibility index (Phi) is 6.77. The molecule has 166 valence electrons. The van der Waals surface area contributed by atoms with Crippen LogP contribution >= 0.6 is 11.8 Å². The van der Waals surface area contributed by atoms with E-state index >= 15 is 0 Å². The number of hydrogen-bond acceptors (Lipinski definition) is 7. The van der Waals surface area contributed by atoms with Crippen molar-refractivity contribution in [1.82, 2.24) is 0 Å². The summed E-state index contributed by atoms with van der Waals surface area (Å²) in [5, 5.41) is 15.4. The lowest BCUT2D eigenvalue weighted by Crippen LogP contribution is -2.31. The van der Waals surface area contributed by atoms with Gasteiger partial charge in [-0.1, -0.05) is 0 Å². The summed E-state index contributed by atoms with van der Waals surface area (Å²) in [6, 6.07) is 11.6. The molecule has 12 heteroatoms. The molecular weight excluding hydrogens is 458 g/mol. The fourth-order valence-electron chi connectivity index (χ4n) is 2.86. The van der Waals surface area contributed by atoms with Gasteiger partial charge < -0.3 is 10.4 Å². The molecule has 3 rings (SSSR count). The number of nitrogens with zero attached hydrogens (tertiary/aromatic N) is 1. The minimum absolute atomic E-state index is 0.0289. The van der Waals surface area contributed by atoms with E-state index in [2.05, 4.69) is 5.32 Å². The molecule has 3 amide bonds. The van der Waals surface area contributed by atoms with E-state index in [0.717, 1.165) is 17.1 Å². The van der Waals surface area contributed by atoms with Crippen LogP contribution in [0.4, 0.5) is 11.4 Å². The van der Waals surface area contributed by atoms with Crippen LogP contribution in [0.25, 0.3) is 0 Å². The molecule has 0 spiro atoms. The lowest BCUT2D eigenvalue weighted by molar-refractivity contribution is -0.131. The first-order valence-electron chi connectivity index (χ1n) is 9.03. The number of rotatable bonds is 7. The zero-order chi connectivity index (χ0) is 23.5. The van der Waals surface area contributed by atoms with E-state index in [0.29, 0.717) is 10.6 Å². The van der Waals surface area contributed by atoms with E-state index in [1.54, 1.807) is 24.3 Å². The molecule has 1 heterocycles. The van der Waals surface area contributed by atoms with Crippen molar-refractivity contribution in [1.29, 1.82) is 0 Å². The quantitative estimate of drug-likeness (QED) is 0.399. The second kappa shape index (κ2) is 9.34. The summed E-state index contributed by atoms with van der Waals surface area (Å²) >= 11 is 1.18. The van der Waals surface area contributed by atoms with Crippen LogP contribution in [0.3, 0.4) is 0 Å². The van der Waals surface area contributed by atoms with E-state index in [4.69, 9.17) is 10.2 Å². The van der Waals surface area contributed by atoms with Crippen molar-refractivity contribution in [3.8, 4) is 0 Å². The Bertz CT molecular complexity index is 1210. The lowest BCUT2D eigenvalue weighted by atomic mass is 10.3. The molecule has 1 atom stereocenters. The van der Waals surface area contributed by atoms with Gasteiger partial charge >= 0.3 is 5.97 Å². The molecule has 1 aliphatic rings. The number of sulfonamides is 1. The highest BCUT2D eigenvalue weighted by Gasteiger charge is 2.40. The SMILES string of the molecule is NS(=O)(=O)c1ccc(N2C(=O)C[C@H](Sc3ccc(NC(=O)/C=C/C(=O)O)cc3)C2=O)cc1. The van der Waals surface area contributed by atoms with E-state index in [9.17, 15) is 27.6 Å². The summed E-state index contributed by atoms with van der Waals surface area (Å²) in [6.07, 6.45) is 1.58. The first kappa shape index (κ1) is 23.2. The van der Waals surface area contributed by atoms with Crippen LogP contribution in [-0.2, 0) is 29.2 Å². The minimum atomic E-state index is -3.89. The predicted molar refractivity (Wildman–Crippen MR) is 116 cm³/mol. The number of anilines is 2. The summed E-state index contributed by atoms with van der Waals surface area (Å²) < 4.78 is 22.7. The van der Waals surface area contributed by atoms with Crippen LogP contribution in [0, 0.1) is 0 Å². The van der Waals surface area contributed by atoms with Crippen LogP contribution in [0.5, 0.6) is 0 Å². The fraction of sp³-hybridized carbons (Fsp3) is 0.100. The Morgan fingerprint density at radius 2 is 1.69 bits per heavy atom. The third-order valence-corrected chi connectivity index (χ3v) is 6.43. The number of amides is 3.